The molecule has 1 atom stereocenters. The summed E-state index contributed by atoms with van der Waals surface area (Å²) in [6.45, 7) is 8.14. The van der Waals surface area contributed by atoms with Crippen molar-refractivity contribution in [2.75, 3.05) is 0 Å². The van der Waals surface area contributed by atoms with E-state index in [2.05, 4.69) is 20.8 Å². The van der Waals surface area contributed by atoms with Crippen LogP contribution in [0.1, 0.15) is 27.7 Å². The van der Waals surface area contributed by atoms with E-state index < -0.39 is 0 Å². The molecule has 7 heavy (non-hydrogen) atoms. The van der Waals surface area contributed by atoms with Crippen LogP contribution in [0.3, 0.4) is 0 Å². The summed E-state index contributed by atoms with van der Waals surface area (Å²) >= 11 is 0. The van der Waals surface area contributed by atoms with E-state index in [9.17, 15) is 0 Å². The molecule has 0 aliphatic rings. The molecule has 1 unspecified atom stereocenters. The van der Waals surface area contributed by atoms with Gasteiger partial charge in [0.2, 0.25) is 0 Å². The van der Waals surface area contributed by atoms with E-state index in [1.54, 1.807) is 0 Å². The van der Waals surface area contributed by atoms with Crippen molar-refractivity contribution in [1.29, 1.82) is 0 Å². The lowest BCUT2D eigenvalue weighted by Crippen LogP contribution is -2.21. The Labute approximate surface area is 45.4 Å². The molecule has 0 fully saturated rings. The Morgan fingerprint density at radius 3 is 1.43 bits per heavy atom. The van der Waals surface area contributed by atoms with Crippen molar-refractivity contribution in [2.24, 2.45) is 5.41 Å². The van der Waals surface area contributed by atoms with E-state index >= 15 is 0 Å². The molecule has 0 amide bonds. The van der Waals surface area contributed by atoms with Gasteiger partial charge in [-0.1, -0.05) is 20.8 Å². The predicted molar refractivity (Wildman–Crippen MR) is 32.5 cm³/mol. The molecule has 2 N–H and O–H groups in total. The van der Waals surface area contributed by atoms with Gasteiger partial charge < -0.3 is 5.11 Å². The van der Waals surface area contributed by atoms with Gasteiger partial charge in [-0.3, -0.25) is 0 Å². The average molecular weight is 103 g/mol. The smallest absolute Gasteiger partial charge is 0.155 e. The van der Waals surface area contributed by atoms with Gasteiger partial charge in [-0.2, -0.15) is 0 Å². The molecule has 0 aromatic rings. The zero-order valence-electron chi connectivity index (χ0n) is 5.58. The van der Waals surface area contributed by atoms with Gasteiger partial charge >= 0.3 is 0 Å². The lowest BCUT2D eigenvalue weighted by Gasteiger charge is -2.17. The first-order valence-corrected chi connectivity index (χ1v) is 2.65. The zero-order valence-corrected chi connectivity index (χ0v) is 5.58. The highest BCUT2D eigenvalue weighted by atomic mass is 16.3. The highest BCUT2D eigenvalue weighted by molar-refractivity contribution is 4.66. The molecule has 0 saturated heterocycles. The summed E-state index contributed by atoms with van der Waals surface area (Å²) in [7, 11) is 0. The molecule has 0 saturated carbocycles. The SMILES string of the molecule is CC([OH2+])C(C)(C)C. The fourth-order valence-corrected chi connectivity index (χ4v) is 0. The minimum atomic E-state index is 0.0486. The second-order valence-electron chi connectivity index (χ2n) is 3.09. The second-order valence-corrected chi connectivity index (χ2v) is 3.09. The average Bonchev–Trinajstić information content (AvgIpc) is 1.31. The highest BCUT2D eigenvalue weighted by Crippen LogP contribution is 2.17. The van der Waals surface area contributed by atoms with Crippen LogP contribution in [0.15, 0.2) is 0 Å². The first-order chi connectivity index (χ1) is 2.94. The molecule has 1 nitrogen and oxygen atoms in total. The maximum Gasteiger partial charge on any atom is 0.155 e. The second kappa shape index (κ2) is 1.83. The van der Waals surface area contributed by atoms with Gasteiger partial charge in [-0.05, 0) is 0 Å². The van der Waals surface area contributed by atoms with Gasteiger partial charge in [0, 0.05) is 12.3 Å². The number of rotatable bonds is 0. The lowest BCUT2D eigenvalue weighted by atomic mass is 9.91. The molecule has 1 heteroatoms. The van der Waals surface area contributed by atoms with Crippen molar-refractivity contribution in [3.05, 3.63) is 0 Å². The monoisotopic (exact) mass is 103 g/mol. The van der Waals surface area contributed by atoms with Crippen LogP contribution < -0.4 is 0 Å². The maximum atomic E-state index is 7.23. The summed E-state index contributed by atoms with van der Waals surface area (Å²) in [5.74, 6) is 0. The third-order valence-electron chi connectivity index (χ3n) is 1.30. The molecule has 44 valence electrons. The highest BCUT2D eigenvalue weighted by Gasteiger charge is 2.20. The number of hydrogen-bond donors (Lipinski definition) is 0. The molecule has 0 aliphatic heterocycles. The Morgan fingerprint density at radius 2 is 1.43 bits per heavy atom. The molecule has 0 aromatic carbocycles. The summed E-state index contributed by atoms with van der Waals surface area (Å²) < 4.78 is 0. The predicted octanol–water partition coefficient (Wildman–Crippen LogP) is 1.15. The Bertz CT molecular complexity index is 49.7. The lowest BCUT2D eigenvalue weighted by molar-refractivity contribution is 0.0801. The molecule has 0 spiro atoms. The molecule has 0 heterocycles. The molecule has 0 aromatic heterocycles. The summed E-state index contributed by atoms with van der Waals surface area (Å²) in [6, 6.07) is 0. The normalized spacial score (nSPS) is 16.7. The first-order valence-electron chi connectivity index (χ1n) is 2.65. The topological polar surface area (TPSA) is 22.9 Å². The van der Waals surface area contributed by atoms with Crippen molar-refractivity contribution >= 4 is 0 Å². The Morgan fingerprint density at radius 1 is 1.29 bits per heavy atom. The zero-order chi connectivity index (χ0) is 6.08. The van der Waals surface area contributed by atoms with Gasteiger partial charge in [0.1, 0.15) is 0 Å². The van der Waals surface area contributed by atoms with Gasteiger partial charge in [-0.25, -0.2) is 0 Å². The minimum Gasteiger partial charge on any atom is -0.443 e. The summed E-state index contributed by atoms with van der Waals surface area (Å²) in [5.41, 5.74) is 0.167. The van der Waals surface area contributed by atoms with Crippen molar-refractivity contribution in [2.45, 2.75) is 33.8 Å². The Kier molecular flexibility index (Phi) is 1.82. The molecule has 0 bridgehead atoms. The third kappa shape index (κ3) is 2.63. The molecule has 0 radical (unpaired) electrons. The van der Waals surface area contributed by atoms with E-state index in [4.69, 9.17) is 5.11 Å². The fourth-order valence-electron chi connectivity index (χ4n) is 0. The van der Waals surface area contributed by atoms with Crippen LogP contribution >= 0.6 is 0 Å². The van der Waals surface area contributed by atoms with Crippen LogP contribution in [0.4, 0.5) is 0 Å². The van der Waals surface area contributed by atoms with Crippen molar-refractivity contribution in [3.8, 4) is 0 Å². The molecular formula is C6H15O+. The largest absolute Gasteiger partial charge is 0.443 e. The summed E-state index contributed by atoms with van der Waals surface area (Å²) in [5, 5.41) is 7.23. The van der Waals surface area contributed by atoms with Crippen LogP contribution in [-0.4, -0.2) is 11.2 Å². The summed E-state index contributed by atoms with van der Waals surface area (Å²) in [6.07, 6.45) is 0.0486. The quantitative estimate of drug-likeness (QED) is 0.410. The standard InChI is InChI=1S/C6H14O/c1-5(7)6(2,3)4/h5,7H,1-4H3/p+1. The van der Waals surface area contributed by atoms with Crippen LogP contribution in [0.2, 0.25) is 0 Å². The van der Waals surface area contributed by atoms with E-state index in [0.29, 0.717) is 0 Å². The molecule has 0 aliphatic carbocycles. The minimum absolute atomic E-state index is 0.0486. The van der Waals surface area contributed by atoms with Crippen molar-refractivity contribution in [3.63, 3.8) is 0 Å². The number of hydrogen-bond acceptors (Lipinski definition) is 0. The Balaban J connectivity index is 3.54. The maximum absolute atomic E-state index is 7.23. The van der Waals surface area contributed by atoms with Gasteiger partial charge in [0.15, 0.2) is 6.10 Å². The van der Waals surface area contributed by atoms with E-state index in [1.165, 1.54) is 0 Å². The van der Waals surface area contributed by atoms with E-state index in [-0.39, 0.29) is 11.5 Å². The van der Waals surface area contributed by atoms with Crippen LogP contribution in [0.5, 0.6) is 0 Å². The van der Waals surface area contributed by atoms with Crippen molar-refractivity contribution in [1.82, 2.24) is 0 Å². The van der Waals surface area contributed by atoms with Crippen LogP contribution in [-0.2, 0) is 0 Å². The molecular weight excluding hydrogens is 88.1 g/mol. The molecule has 0 rings (SSSR count). The van der Waals surface area contributed by atoms with Crippen LogP contribution in [0, 0.1) is 5.41 Å². The third-order valence-corrected chi connectivity index (χ3v) is 1.30. The summed E-state index contributed by atoms with van der Waals surface area (Å²) in [4.78, 5) is 0. The van der Waals surface area contributed by atoms with E-state index in [1.807, 2.05) is 6.92 Å². The van der Waals surface area contributed by atoms with Crippen LogP contribution in [0.25, 0.3) is 0 Å². The van der Waals surface area contributed by atoms with Crippen molar-refractivity contribution < 1.29 is 5.11 Å². The fraction of sp³-hybridized carbons (Fsp3) is 1.00. The van der Waals surface area contributed by atoms with Gasteiger partial charge in [0.05, 0.1) is 0 Å². The first kappa shape index (κ1) is 6.96. The van der Waals surface area contributed by atoms with E-state index in [0.717, 1.165) is 0 Å². The Hall–Kier alpha value is -0.0400. The van der Waals surface area contributed by atoms with Gasteiger partial charge in [-0.15, -0.1) is 0 Å². The van der Waals surface area contributed by atoms with Gasteiger partial charge in [0.25, 0.3) is 0 Å².